The van der Waals surface area contributed by atoms with E-state index >= 15 is 0 Å². The van der Waals surface area contributed by atoms with E-state index < -0.39 is 0 Å². The molecule has 0 aliphatic carbocycles. The lowest BCUT2D eigenvalue weighted by molar-refractivity contribution is 0.0600. The van der Waals surface area contributed by atoms with Gasteiger partial charge in [-0.05, 0) is 42.0 Å². The van der Waals surface area contributed by atoms with Gasteiger partial charge in [0, 0.05) is 0 Å². The Bertz CT molecular complexity index is 642. The molecule has 2 rings (SSSR count). The molecule has 20 heavy (non-hydrogen) atoms. The summed E-state index contributed by atoms with van der Waals surface area (Å²) in [6.07, 6.45) is 0. The molecule has 0 atom stereocenters. The van der Waals surface area contributed by atoms with Gasteiger partial charge in [0.15, 0.2) is 0 Å². The van der Waals surface area contributed by atoms with Gasteiger partial charge in [-0.2, -0.15) is 5.26 Å². The molecule has 0 aliphatic rings. The number of carbonyl (C=O) groups excluding carboxylic acids is 1. The van der Waals surface area contributed by atoms with E-state index in [1.807, 2.05) is 12.1 Å². The highest BCUT2D eigenvalue weighted by Crippen LogP contribution is 2.15. The predicted octanol–water partition coefficient (Wildman–Crippen LogP) is 2.92. The molecule has 2 aromatic rings. The summed E-state index contributed by atoms with van der Waals surface area (Å²) in [5, 5.41) is 8.82. The first-order chi connectivity index (χ1) is 9.72. The minimum atomic E-state index is -0.377. The number of nitriles is 1. The van der Waals surface area contributed by atoms with Gasteiger partial charge in [0.05, 0.1) is 24.3 Å². The molecule has 0 amide bonds. The van der Waals surface area contributed by atoms with Gasteiger partial charge < -0.3 is 9.47 Å². The number of benzene rings is 2. The topological polar surface area (TPSA) is 59.3 Å². The molecule has 0 saturated heterocycles. The summed E-state index contributed by atoms with van der Waals surface area (Å²) in [7, 11) is 1.34. The maximum atomic E-state index is 11.3. The first-order valence-corrected chi connectivity index (χ1v) is 6.03. The summed E-state index contributed by atoms with van der Waals surface area (Å²) < 4.78 is 10.2. The second kappa shape index (κ2) is 6.39. The number of ether oxygens (including phenoxy) is 2. The Morgan fingerprint density at radius 2 is 1.95 bits per heavy atom. The van der Waals surface area contributed by atoms with Crippen molar-refractivity contribution in [3.63, 3.8) is 0 Å². The molecule has 4 heteroatoms. The summed E-state index contributed by atoms with van der Waals surface area (Å²) in [4.78, 5) is 11.3. The second-order valence-electron chi connectivity index (χ2n) is 4.12. The number of carbonyl (C=O) groups is 1. The lowest BCUT2D eigenvalue weighted by Crippen LogP contribution is -2.01. The van der Waals surface area contributed by atoms with Gasteiger partial charge in [-0.25, -0.2) is 4.79 Å². The van der Waals surface area contributed by atoms with E-state index in [1.165, 1.54) is 7.11 Å². The second-order valence-corrected chi connectivity index (χ2v) is 4.12. The number of nitrogens with zero attached hydrogens (tertiary/aromatic N) is 1. The number of methoxy groups -OCH3 is 1. The first kappa shape index (κ1) is 13.6. The lowest BCUT2D eigenvalue weighted by atomic mass is 10.1. The van der Waals surface area contributed by atoms with Crippen LogP contribution in [0.4, 0.5) is 0 Å². The summed E-state index contributed by atoms with van der Waals surface area (Å²) in [6, 6.07) is 16.0. The highest BCUT2D eigenvalue weighted by atomic mass is 16.5. The third-order valence-electron chi connectivity index (χ3n) is 2.74. The maximum Gasteiger partial charge on any atom is 0.337 e. The first-order valence-electron chi connectivity index (χ1n) is 6.03. The highest BCUT2D eigenvalue weighted by molar-refractivity contribution is 5.89. The summed E-state index contributed by atoms with van der Waals surface area (Å²) >= 11 is 0. The van der Waals surface area contributed by atoms with Crippen LogP contribution in [0.1, 0.15) is 21.5 Å². The fourth-order valence-corrected chi connectivity index (χ4v) is 1.70. The Morgan fingerprint density at radius 3 is 2.60 bits per heavy atom. The van der Waals surface area contributed by atoms with Crippen LogP contribution in [-0.2, 0) is 11.3 Å². The average molecular weight is 267 g/mol. The molecule has 0 spiro atoms. The summed E-state index contributed by atoms with van der Waals surface area (Å²) in [5.74, 6) is 0.276. The van der Waals surface area contributed by atoms with Crippen LogP contribution >= 0.6 is 0 Å². The van der Waals surface area contributed by atoms with Crippen LogP contribution in [0.2, 0.25) is 0 Å². The van der Waals surface area contributed by atoms with E-state index in [4.69, 9.17) is 10.00 Å². The Hall–Kier alpha value is -2.80. The molecule has 4 nitrogen and oxygen atoms in total. The smallest absolute Gasteiger partial charge is 0.337 e. The van der Waals surface area contributed by atoms with Gasteiger partial charge >= 0.3 is 5.97 Å². The van der Waals surface area contributed by atoms with E-state index in [0.29, 0.717) is 23.5 Å². The minimum absolute atomic E-state index is 0.368. The number of hydrogen-bond donors (Lipinski definition) is 0. The van der Waals surface area contributed by atoms with Crippen LogP contribution in [0, 0.1) is 11.3 Å². The van der Waals surface area contributed by atoms with Crippen molar-refractivity contribution in [3.8, 4) is 11.8 Å². The molecule has 0 aromatic heterocycles. The number of esters is 1. The highest BCUT2D eigenvalue weighted by Gasteiger charge is 2.04. The molecular weight excluding hydrogens is 254 g/mol. The van der Waals surface area contributed by atoms with Crippen LogP contribution < -0.4 is 4.74 Å². The molecule has 0 saturated carbocycles. The predicted molar refractivity (Wildman–Crippen MR) is 73.3 cm³/mol. The van der Waals surface area contributed by atoms with Gasteiger partial charge in [0.1, 0.15) is 12.4 Å². The van der Waals surface area contributed by atoms with Crippen molar-refractivity contribution in [2.24, 2.45) is 0 Å². The van der Waals surface area contributed by atoms with Crippen molar-refractivity contribution >= 4 is 5.97 Å². The Balaban J connectivity index is 2.00. The van der Waals surface area contributed by atoms with Crippen molar-refractivity contribution in [3.05, 3.63) is 65.2 Å². The molecule has 2 aromatic carbocycles. The molecule has 0 N–H and O–H groups in total. The van der Waals surface area contributed by atoms with Crippen molar-refractivity contribution in [2.45, 2.75) is 6.61 Å². The van der Waals surface area contributed by atoms with Crippen LogP contribution in [-0.4, -0.2) is 13.1 Å². The summed E-state index contributed by atoms with van der Waals surface area (Å²) in [6.45, 7) is 0.368. The quantitative estimate of drug-likeness (QED) is 0.799. The Kier molecular flexibility index (Phi) is 4.35. The minimum Gasteiger partial charge on any atom is -0.489 e. The molecule has 0 bridgehead atoms. The van der Waals surface area contributed by atoms with E-state index in [9.17, 15) is 4.79 Å². The van der Waals surface area contributed by atoms with Crippen molar-refractivity contribution in [1.29, 1.82) is 5.26 Å². The van der Waals surface area contributed by atoms with Gasteiger partial charge in [0.25, 0.3) is 0 Å². The summed E-state index contributed by atoms with van der Waals surface area (Å²) in [5.41, 5.74) is 2.00. The van der Waals surface area contributed by atoms with Gasteiger partial charge in [-0.3, -0.25) is 0 Å². The van der Waals surface area contributed by atoms with Crippen LogP contribution in [0.3, 0.4) is 0 Å². The molecule has 0 aliphatic heterocycles. The monoisotopic (exact) mass is 267 g/mol. The lowest BCUT2D eigenvalue weighted by Gasteiger charge is -2.07. The zero-order chi connectivity index (χ0) is 14.4. The van der Waals surface area contributed by atoms with Crippen LogP contribution in [0.25, 0.3) is 0 Å². The Morgan fingerprint density at radius 1 is 1.20 bits per heavy atom. The number of hydrogen-bond acceptors (Lipinski definition) is 4. The molecule has 0 heterocycles. The van der Waals surface area contributed by atoms with E-state index in [2.05, 4.69) is 10.8 Å². The SMILES string of the molecule is COC(=O)c1ccc(OCc2cccc(C#N)c2)cc1. The fourth-order valence-electron chi connectivity index (χ4n) is 1.70. The van der Waals surface area contributed by atoms with Gasteiger partial charge in [-0.15, -0.1) is 0 Å². The van der Waals surface area contributed by atoms with Crippen LogP contribution in [0.5, 0.6) is 5.75 Å². The third-order valence-corrected chi connectivity index (χ3v) is 2.74. The molecule has 0 fully saturated rings. The largest absolute Gasteiger partial charge is 0.489 e. The standard InChI is InChI=1S/C16H13NO3/c1-19-16(18)14-5-7-15(8-6-14)20-11-13-4-2-3-12(9-13)10-17/h2-9H,11H2,1H3. The normalized spacial score (nSPS) is 9.60. The van der Waals surface area contributed by atoms with Crippen molar-refractivity contribution in [2.75, 3.05) is 7.11 Å². The molecule has 0 radical (unpaired) electrons. The zero-order valence-electron chi connectivity index (χ0n) is 11.0. The van der Waals surface area contributed by atoms with Gasteiger partial charge in [0.2, 0.25) is 0 Å². The Labute approximate surface area is 117 Å². The number of rotatable bonds is 4. The van der Waals surface area contributed by atoms with E-state index in [0.717, 1.165) is 5.56 Å². The zero-order valence-corrected chi connectivity index (χ0v) is 11.0. The molecule has 0 unspecified atom stereocenters. The van der Waals surface area contributed by atoms with Crippen LogP contribution in [0.15, 0.2) is 48.5 Å². The van der Waals surface area contributed by atoms with E-state index in [1.54, 1.807) is 36.4 Å². The maximum absolute atomic E-state index is 11.3. The average Bonchev–Trinajstić information content (AvgIpc) is 2.53. The third kappa shape index (κ3) is 3.36. The molecular formula is C16H13NO3. The van der Waals surface area contributed by atoms with E-state index in [-0.39, 0.29) is 5.97 Å². The van der Waals surface area contributed by atoms with Crippen molar-refractivity contribution in [1.82, 2.24) is 0 Å². The van der Waals surface area contributed by atoms with Gasteiger partial charge in [-0.1, -0.05) is 12.1 Å². The molecule has 100 valence electrons. The van der Waals surface area contributed by atoms with Crippen molar-refractivity contribution < 1.29 is 14.3 Å². The fraction of sp³-hybridized carbons (Fsp3) is 0.125.